The molecule has 0 radical (unpaired) electrons. The van der Waals surface area contributed by atoms with Gasteiger partial charge in [-0.1, -0.05) is 11.6 Å². The third-order valence-electron chi connectivity index (χ3n) is 2.68. The van der Waals surface area contributed by atoms with Crippen LogP contribution in [0, 0.1) is 0 Å². The first-order valence-corrected chi connectivity index (χ1v) is 5.91. The van der Waals surface area contributed by atoms with Crippen LogP contribution in [0.4, 0.5) is 13.2 Å². The molecule has 0 amide bonds. The number of nitrogens with zero attached hydrogens (tertiary/aromatic N) is 1. The van der Waals surface area contributed by atoms with Crippen LogP contribution in [0.2, 0.25) is 5.02 Å². The van der Waals surface area contributed by atoms with Gasteiger partial charge in [0.1, 0.15) is 0 Å². The van der Waals surface area contributed by atoms with Crippen molar-refractivity contribution in [1.82, 2.24) is 4.57 Å². The highest BCUT2D eigenvalue weighted by atomic mass is 35.5. The molecule has 8 heteroatoms. The van der Waals surface area contributed by atoms with Crippen LogP contribution in [0.5, 0.6) is 0 Å². The molecule has 2 aromatic rings. The average molecular weight is 318 g/mol. The summed E-state index contributed by atoms with van der Waals surface area (Å²) in [5.74, 6) is -1.36. The number of carboxylic acids is 1. The van der Waals surface area contributed by atoms with E-state index >= 15 is 0 Å². The van der Waals surface area contributed by atoms with Gasteiger partial charge in [0.05, 0.1) is 16.8 Å². The number of hydrogen-bond donors (Lipinski definition) is 1. The Morgan fingerprint density at radius 3 is 2.43 bits per heavy atom. The second kappa shape index (κ2) is 5.25. The highest BCUT2D eigenvalue weighted by molar-refractivity contribution is 6.30. The van der Waals surface area contributed by atoms with E-state index in [9.17, 15) is 22.8 Å². The van der Waals surface area contributed by atoms with Crippen molar-refractivity contribution >= 4 is 17.6 Å². The van der Waals surface area contributed by atoms with Crippen LogP contribution in [0.15, 0.2) is 41.3 Å². The number of rotatable bonds is 2. The Morgan fingerprint density at radius 1 is 1.19 bits per heavy atom. The minimum Gasteiger partial charge on any atom is -0.478 e. The van der Waals surface area contributed by atoms with Gasteiger partial charge < -0.3 is 5.11 Å². The Hall–Kier alpha value is -2.28. The van der Waals surface area contributed by atoms with Crippen LogP contribution >= 0.6 is 11.6 Å². The molecule has 1 aromatic carbocycles. The predicted octanol–water partition coefficient (Wildman–Crippen LogP) is 3.21. The highest BCUT2D eigenvalue weighted by Gasteiger charge is 2.34. The molecule has 2 rings (SSSR count). The minimum atomic E-state index is -4.74. The summed E-state index contributed by atoms with van der Waals surface area (Å²) in [5.41, 5.74) is -2.70. The summed E-state index contributed by atoms with van der Waals surface area (Å²) in [6.07, 6.45) is -3.90. The number of hydrogen-bond acceptors (Lipinski definition) is 2. The summed E-state index contributed by atoms with van der Waals surface area (Å²) in [4.78, 5) is 22.6. The van der Waals surface area contributed by atoms with Crippen LogP contribution in [0.25, 0.3) is 5.69 Å². The summed E-state index contributed by atoms with van der Waals surface area (Å²) < 4.78 is 39.7. The van der Waals surface area contributed by atoms with Crippen LogP contribution in [0.3, 0.4) is 0 Å². The Bertz CT molecular complexity index is 768. The Balaban J connectivity index is 2.76. The van der Waals surface area contributed by atoms with E-state index in [0.29, 0.717) is 10.6 Å². The van der Waals surface area contributed by atoms with Crippen LogP contribution in [-0.2, 0) is 6.18 Å². The first kappa shape index (κ1) is 15.1. The smallest absolute Gasteiger partial charge is 0.418 e. The number of halogens is 4. The van der Waals surface area contributed by atoms with Crippen molar-refractivity contribution in [2.24, 2.45) is 0 Å². The van der Waals surface area contributed by atoms with Gasteiger partial charge in [0, 0.05) is 17.3 Å². The molecule has 21 heavy (non-hydrogen) atoms. The number of pyridine rings is 1. The van der Waals surface area contributed by atoms with E-state index in [1.54, 1.807) is 0 Å². The molecule has 1 heterocycles. The van der Waals surface area contributed by atoms with Gasteiger partial charge in [0.15, 0.2) is 0 Å². The van der Waals surface area contributed by atoms with Crippen molar-refractivity contribution < 1.29 is 23.1 Å². The lowest BCUT2D eigenvalue weighted by Gasteiger charge is -2.15. The third-order valence-corrected chi connectivity index (χ3v) is 2.92. The zero-order chi connectivity index (χ0) is 15.8. The predicted molar refractivity (Wildman–Crippen MR) is 69.0 cm³/mol. The lowest BCUT2D eigenvalue weighted by atomic mass is 10.1. The van der Waals surface area contributed by atoms with E-state index in [1.807, 2.05) is 0 Å². The monoisotopic (exact) mass is 317 g/mol. The van der Waals surface area contributed by atoms with E-state index in [-0.39, 0.29) is 10.6 Å². The lowest BCUT2D eigenvalue weighted by Crippen LogP contribution is -2.21. The number of benzene rings is 1. The summed E-state index contributed by atoms with van der Waals surface area (Å²) in [6, 6.07) is 4.78. The van der Waals surface area contributed by atoms with Gasteiger partial charge in [0.25, 0.3) is 5.56 Å². The molecule has 1 N–H and O–H groups in total. The molecular formula is C13H7ClF3NO3. The molecule has 0 atom stereocenters. The van der Waals surface area contributed by atoms with Gasteiger partial charge in [-0.05, 0) is 24.3 Å². The van der Waals surface area contributed by atoms with Crippen molar-refractivity contribution in [2.75, 3.05) is 0 Å². The van der Waals surface area contributed by atoms with Crippen molar-refractivity contribution in [2.45, 2.75) is 6.18 Å². The van der Waals surface area contributed by atoms with Crippen molar-refractivity contribution in [1.29, 1.82) is 0 Å². The molecule has 4 nitrogen and oxygen atoms in total. The molecule has 0 aliphatic carbocycles. The maximum absolute atomic E-state index is 13.0. The van der Waals surface area contributed by atoms with Crippen molar-refractivity contribution in [3.8, 4) is 5.69 Å². The molecule has 0 saturated carbocycles. The molecule has 0 bridgehead atoms. The Labute approximate surface area is 121 Å². The topological polar surface area (TPSA) is 59.3 Å². The fourth-order valence-electron chi connectivity index (χ4n) is 1.75. The summed E-state index contributed by atoms with van der Waals surface area (Å²) in [7, 11) is 0. The van der Waals surface area contributed by atoms with Gasteiger partial charge in [-0.2, -0.15) is 13.2 Å². The van der Waals surface area contributed by atoms with Crippen LogP contribution < -0.4 is 5.56 Å². The van der Waals surface area contributed by atoms with Crippen LogP contribution in [0.1, 0.15) is 15.9 Å². The second-order valence-electron chi connectivity index (χ2n) is 4.09. The van der Waals surface area contributed by atoms with Gasteiger partial charge in [-0.3, -0.25) is 9.36 Å². The standard InChI is InChI=1S/C13H7ClF3NO3/c14-8-2-3-10(9(5-8)13(15,16)17)18-6-7(12(20)21)1-4-11(18)19/h1-6H,(H,20,21). The second-order valence-corrected chi connectivity index (χ2v) is 4.53. The average Bonchev–Trinajstić information content (AvgIpc) is 2.38. The zero-order valence-electron chi connectivity index (χ0n) is 10.2. The number of carbonyl (C=O) groups is 1. The molecule has 110 valence electrons. The molecule has 0 spiro atoms. The van der Waals surface area contributed by atoms with E-state index in [1.165, 1.54) is 6.07 Å². The normalized spacial score (nSPS) is 11.4. The van der Waals surface area contributed by atoms with Crippen molar-refractivity contribution in [3.63, 3.8) is 0 Å². The van der Waals surface area contributed by atoms with E-state index in [0.717, 1.165) is 24.4 Å². The van der Waals surface area contributed by atoms with E-state index in [4.69, 9.17) is 16.7 Å². The molecular weight excluding hydrogens is 311 g/mol. The molecule has 0 aliphatic rings. The quantitative estimate of drug-likeness (QED) is 0.925. The van der Waals surface area contributed by atoms with E-state index < -0.39 is 29.0 Å². The molecule has 0 aliphatic heterocycles. The van der Waals surface area contributed by atoms with Gasteiger partial charge in [-0.25, -0.2) is 4.79 Å². The molecule has 0 saturated heterocycles. The maximum atomic E-state index is 13.0. The first-order chi connectivity index (χ1) is 9.70. The minimum absolute atomic E-state index is 0.145. The van der Waals surface area contributed by atoms with Crippen LogP contribution in [-0.4, -0.2) is 15.6 Å². The number of carboxylic acid groups (broad SMARTS) is 1. The van der Waals surface area contributed by atoms with Gasteiger partial charge in [-0.15, -0.1) is 0 Å². The largest absolute Gasteiger partial charge is 0.478 e. The fourth-order valence-corrected chi connectivity index (χ4v) is 1.92. The number of aromatic carboxylic acids is 1. The summed E-state index contributed by atoms with van der Waals surface area (Å²) in [5, 5.41) is 8.72. The summed E-state index contributed by atoms with van der Waals surface area (Å²) in [6.45, 7) is 0. The third kappa shape index (κ3) is 3.08. The SMILES string of the molecule is O=C(O)c1ccc(=O)n(-c2ccc(Cl)cc2C(F)(F)F)c1. The highest BCUT2D eigenvalue weighted by Crippen LogP contribution is 2.35. The van der Waals surface area contributed by atoms with Gasteiger partial charge >= 0.3 is 12.1 Å². The summed E-state index contributed by atoms with van der Waals surface area (Å²) >= 11 is 5.55. The Morgan fingerprint density at radius 2 is 1.86 bits per heavy atom. The molecule has 0 unspecified atom stereocenters. The van der Waals surface area contributed by atoms with Gasteiger partial charge in [0.2, 0.25) is 0 Å². The molecule has 1 aromatic heterocycles. The zero-order valence-corrected chi connectivity index (χ0v) is 10.9. The van der Waals surface area contributed by atoms with Crippen molar-refractivity contribution in [3.05, 3.63) is 63.0 Å². The Kier molecular flexibility index (Phi) is 3.78. The number of aromatic nitrogens is 1. The van der Waals surface area contributed by atoms with E-state index in [2.05, 4.69) is 0 Å². The molecule has 0 fully saturated rings. The first-order valence-electron chi connectivity index (χ1n) is 5.53. The maximum Gasteiger partial charge on any atom is 0.418 e. The fraction of sp³-hybridized carbons (Fsp3) is 0.0769. The lowest BCUT2D eigenvalue weighted by molar-refractivity contribution is -0.137. The number of alkyl halides is 3.